The minimum absolute atomic E-state index is 0.0656. The van der Waals surface area contributed by atoms with E-state index < -0.39 is 17.6 Å². The number of benzene rings is 1. The Morgan fingerprint density at radius 2 is 1.67 bits per heavy atom. The maximum atomic E-state index is 13.5. The molecule has 0 aliphatic carbocycles. The third-order valence-electron chi connectivity index (χ3n) is 3.40. The van der Waals surface area contributed by atoms with Gasteiger partial charge in [-0.05, 0) is 31.2 Å². The van der Waals surface area contributed by atoms with Crippen LogP contribution in [0.15, 0.2) is 18.2 Å². The van der Waals surface area contributed by atoms with Crippen LogP contribution in [0.1, 0.15) is 56.6 Å². The first kappa shape index (κ1) is 18.0. The molecule has 0 atom stereocenters. The van der Waals surface area contributed by atoms with Crippen LogP contribution in [0.5, 0.6) is 0 Å². The molecular formula is C16H23F4N. The van der Waals surface area contributed by atoms with E-state index in [9.17, 15) is 17.6 Å². The molecule has 0 aliphatic heterocycles. The Kier molecular flexibility index (Phi) is 7.72. The fraction of sp³-hybridized carbons (Fsp3) is 0.625. The van der Waals surface area contributed by atoms with Crippen LogP contribution < -0.4 is 5.32 Å². The first-order chi connectivity index (χ1) is 9.95. The van der Waals surface area contributed by atoms with E-state index in [2.05, 4.69) is 12.2 Å². The van der Waals surface area contributed by atoms with Gasteiger partial charge in [0.1, 0.15) is 5.82 Å². The van der Waals surface area contributed by atoms with Crippen LogP contribution in [0.4, 0.5) is 17.6 Å². The fourth-order valence-corrected chi connectivity index (χ4v) is 2.14. The van der Waals surface area contributed by atoms with Crippen molar-refractivity contribution in [2.45, 2.75) is 58.2 Å². The highest BCUT2D eigenvalue weighted by atomic mass is 19.4. The molecule has 0 saturated carbocycles. The first-order valence-corrected chi connectivity index (χ1v) is 7.51. The molecule has 1 aromatic rings. The Hall–Kier alpha value is -1.10. The van der Waals surface area contributed by atoms with Gasteiger partial charge in [0.15, 0.2) is 0 Å². The van der Waals surface area contributed by atoms with Crippen LogP contribution in [0, 0.1) is 5.82 Å². The molecule has 0 radical (unpaired) electrons. The van der Waals surface area contributed by atoms with Gasteiger partial charge < -0.3 is 5.32 Å². The lowest BCUT2D eigenvalue weighted by molar-refractivity contribution is -0.137. The predicted molar refractivity (Wildman–Crippen MR) is 76.5 cm³/mol. The topological polar surface area (TPSA) is 12.0 Å². The van der Waals surface area contributed by atoms with E-state index in [1.165, 1.54) is 25.7 Å². The van der Waals surface area contributed by atoms with Gasteiger partial charge in [-0.15, -0.1) is 0 Å². The van der Waals surface area contributed by atoms with Gasteiger partial charge in [-0.3, -0.25) is 0 Å². The molecule has 0 heterocycles. The molecule has 0 saturated heterocycles. The van der Waals surface area contributed by atoms with Gasteiger partial charge >= 0.3 is 6.18 Å². The molecule has 1 aromatic carbocycles. The third-order valence-corrected chi connectivity index (χ3v) is 3.40. The van der Waals surface area contributed by atoms with Crippen molar-refractivity contribution in [3.05, 3.63) is 35.1 Å². The second-order valence-corrected chi connectivity index (χ2v) is 5.25. The maximum Gasteiger partial charge on any atom is 0.416 e. The highest BCUT2D eigenvalue weighted by Gasteiger charge is 2.30. The zero-order valence-electron chi connectivity index (χ0n) is 12.4. The largest absolute Gasteiger partial charge is 0.416 e. The normalized spacial score (nSPS) is 11.9. The molecule has 1 N–H and O–H groups in total. The minimum atomic E-state index is -4.43. The summed E-state index contributed by atoms with van der Waals surface area (Å²) in [6.45, 7) is 2.98. The van der Waals surface area contributed by atoms with Gasteiger partial charge in [0, 0.05) is 12.1 Å². The summed E-state index contributed by atoms with van der Waals surface area (Å²) in [6.07, 6.45) is 2.46. The first-order valence-electron chi connectivity index (χ1n) is 7.51. The summed E-state index contributed by atoms with van der Waals surface area (Å²) in [5.74, 6) is -0.599. The second-order valence-electron chi connectivity index (χ2n) is 5.25. The number of nitrogens with one attached hydrogen (secondary N) is 1. The lowest BCUT2D eigenvalue weighted by atomic mass is 10.1. The molecule has 1 rings (SSSR count). The molecule has 0 amide bonds. The third kappa shape index (κ3) is 6.93. The average Bonchev–Trinajstić information content (AvgIpc) is 2.42. The number of rotatable bonds is 9. The van der Waals surface area contributed by atoms with Gasteiger partial charge in [0.25, 0.3) is 0 Å². The van der Waals surface area contributed by atoms with Crippen molar-refractivity contribution in [1.82, 2.24) is 5.32 Å². The summed E-state index contributed by atoms with van der Waals surface area (Å²) >= 11 is 0. The number of halogens is 4. The SMILES string of the molecule is CCCCCCCCNCc1cc(C(F)(F)F)ccc1F. The van der Waals surface area contributed by atoms with E-state index in [0.29, 0.717) is 6.54 Å². The highest BCUT2D eigenvalue weighted by molar-refractivity contribution is 5.27. The molecule has 0 unspecified atom stereocenters. The van der Waals surface area contributed by atoms with E-state index in [4.69, 9.17) is 0 Å². The van der Waals surface area contributed by atoms with Gasteiger partial charge in [-0.1, -0.05) is 39.0 Å². The number of alkyl halides is 3. The van der Waals surface area contributed by atoms with Crippen LogP contribution in [-0.4, -0.2) is 6.54 Å². The summed E-state index contributed by atoms with van der Waals surface area (Å²) in [4.78, 5) is 0. The predicted octanol–water partition coefficient (Wildman–Crippen LogP) is 5.29. The van der Waals surface area contributed by atoms with Crippen LogP contribution in [0.25, 0.3) is 0 Å². The summed E-state index contributed by atoms with van der Waals surface area (Å²) in [7, 11) is 0. The van der Waals surface area contributed by atoms with Crippen LogP contribution in [0.2, 0.25) is 0 Å². The summed E-state index contributed by atoms with van der Waals surface area (Å²) < 4.78 is 51.1. The quantitative estimate of drug-likeness (QED) is 0.482. The Labute approximate surface area is 123 Å². The van der Waals surface area contributed by atoms with Crippen LogP contribution in [0.3, 0.4) is 0 Å². The minimum Gasteiger partial charge on any atom is -0.313 e. The van der Waals surface area contributed by atoms with Crippen molar-refractivity contribution in [3.8, 4) is 0 Å². The number of unbranched alkanes of at least 4 members (excludes halogenated alkanes) is 5. The van der Waals surface area contributed by atoms with E-state index in [1.807, 2.05) is 0 Å². The van der Waals surface area contributed by atoms with Crippen molar-refractivity contribution < 1.29 is 17.6 Å². The van der Waals surface area contributed by atoms with Crippen molar-refractivity contribution in [2.75, 3.05) is 6.54 Å². The summed E-state index contributed by atoms with van der Waals surface area (Å²) in [6, 6.07) is 2.53. The highest BCUT2D eigenvalue weighted by Crippen LogP contribution is 2.30. The van der Waals surface area contributed by atoms with Crippen molar-refractivity contribution >= 4 is 0 Å². The van der Waals surface area contributed by atoms with E-state index in [-0.39, 0.29) is 12.1 Å². The lowest BCUT2D eigenvalue weighted by Gasteiger charge is -2.10. The molecule has 21 heavy (non-hydrogen) atoms. The summed E-state index contributed by atoms with van der Waals surface area (Å²) in [5, 5.41) is 3.00. The molecule has 0 fully saturated rings. The Morgan fingerprint density at radius 3 is 2.33 bits per heavy atom. The molecule has 0 aliphatic rings. The van der Waals surface area contributed by atoms with Crippen molar-refractivity contribution in [1.29, 1.82) is 0 Å². The lowest BCUT2D eigenvalue weighted by Crippen LogP contribution is -2.16. The fourth-order valence-electron chi connectivity index (χ4n) is 2.14. The molecular weight excluding hydrogens is 282 g/mol. The van der Waals surface area contributed by atoms with E-state index >= 15 is 0 Å². The molecule has 0 spiro atoms. The second kappa shape index (κ2) is 9.03. The van der Waals surface area contributed by atoms with Crippen molar-refractivity contribution in [2.24, 2.45) is 0 Å². The van der Waals surface area contributed by atoms with Crippen molar-refractivity contribution in [3.63, 3.8) is 0 Å². The Morgan fingerprint density at radius 1 is 1.00 bits per heavy atom. The zero-order valence-corrected chi connectivity index (χ0v) is 12.4. The molecule has 0 bridgehead atoms. The van der Waals surface area contributed by atoms with Gasteiger partial charge in [-0.25, -0.2) is 4.39 Å². The smallest absolute Gasteiger partial charge is 0.313 e. The van der Waals surface area contributed by atoms with Gasteiger partial charge in [-0.2, -0.15) is 13.2 Å². The molecule has 120 valence electrons. The van der Waals surface area contributed by atoms with Gasteiger partial charge in [0.2, 0.25) is 0 Å². The van der Waals surface area contributed by atoms with Crippen LogP contribution in [-0.2, 0) is 12.7 Å². The molecule has 0 aromatic heterocycles. The summed E-state index contributed by atoms with van der Waals surface area (Å²) in [5.41, 5.74) is -0.740. The van der Waals surface area contributed by atoms with E-state index in [0.717, 1.165) is 31.0 Å². The molecule has 1 nitrogen and oxygen atoms in total. The number of hydrogen-bond donors (Lipinski definition) is 1. The van der Waals surface area contributed by atoms with E-state index in [1.54, 1.807) is 0 Å². The zero-order chi connectivity index (χ0) is 15.7. The van der Waals surface area contributed by atoms with Gasteiger partial charge in [0.05, 0.1) is 5.56 Å². The Balaban J connectivity index is 2.32. The average molecular weight is 305 g/mol. The number of hydrogen-bond acceptors (Lipinski definition) is 1. The standard InChI is InChI=1S/C16H23F4N/c1-2-3-4-5-6-7-10-21-12-13-11-14(16(18,19)20)8-9-15(13)17/h8-9,11,21H,2-7,10,12H2,1H3. The maximum absolute atomic E-state index is 13.5. The monoisotopic (exact) mass is 305 g/mol. The Bertz CT molecular complexity index is 415. The van der Waals surface area contributed by atoms with Crippen LogP contribution >= 0.6 is 0 Å². The molecule has 5 heteroatoms.